The molecule has 1 aliphatic heterocycles. The molecule has 92 valence electrons. The van der Waals surface area contributed by atoms with Gasteiger partial charge in [-0.25, -0.2) is 0 Å². The number of para-hydroxylation sites is 1. The minimum absolute atomic E-state index is 0.110. The molecule has 18 heavy (non-hydrogen) atoms. The molecule has 3 heteroatoms. The number of H-pyrrole nitrogens is 1. The molecule has 2 aromatic rings. The summed E-state index contributed by atoms with van der Waals surface area (Å²) in [6, 6.07) is 10.6. The number of rotatable bonds is 2. The zero-order chi connectivity index (χ0) is 12.4. The third kappa shape index (κ3) is 1.89. The Bertz CT molecular complexity index is 573. The van der Waals surface area contributed by atoms with Crippen molar-refractivity contribution < 1.29 is 0 Å². The molecule has 1 aliphatic rings. The molecule has 1 atom stereocenters. The summed E-state index contributed by atoms with van der Waals surface area (Å²) >= 11 is 0. The van der Waals surface area contributed by atoms with Crippen LogP contribution in [0.25, 0.3) is 10.9 Å². The van der Waals surface area contributed by atoms with Crippen molar-refractivity contribution >= 4 is 10.9 Å². The van der Waals surface area contributed by atoms with Gasteiger partial charge in [0.1, 0.15) is 6.04 Å². The van der Waals surface area contributed by atoms with Crippen molar-refractivity contribution in [3.05, 3.63) is 36.0 Å². The number of hydrogen-bond acceptors (Lipinski definition) is 2. The summed E-state index contributed by atoms with van der Waals surface area (Å²) in [7, 11) is 0. The van der Waals surface area contributed by atoms with E-state index >= 15 is 0 Å². The Balaban J connectivity index is 1.98. The lowest BCUT2D eigenvalue weighted by Crippen LogP contribution is -2.32. The van der Waals surface area contributed by atoms with Crippen LogP contribution in [0.2, 0.25) is 0 Å². The minimum Gasteiger partial charge on any atom is -0.361 e. The van der Waals surface area contributed by atoms with Crippen molar-refractivity contribution in [1.82, 2.24) is 9.88 Å². The van der Waals surface area contributed by atoms with Gasteiger partial charge in [0, 0.05) is 22.7 Å². The largest absolute Gasteiger partial charge is 0.361 e. The summed E-state index contributed by atoms with van der Waals surface area (Å²) < 4.78 is 0. The van der Waals surface area contributed by atoms with E-state index in [2.05, 4.69) is 28.1 Å². The van der Waals surface area contributed by atoms with Crippen molar-refractivity contribution in [3.63, 3.8) is 0 Å². The zero-order valence-corrected chi connectivity index (χ0v) is 10.4. The standard InChI is InChI=1S/C15H17N3/c16-10-15(18-8-4-1-5-9-18)13-11-17-14-7-3-2-6-12(13)14/h2-3,6-7,11,15,17H,1,4-5,8-9H2. The van der Waals surface area contributed by atoms with Gasteiger partial charge in [0.05, 0.1) is 6.07 Å². The number of benzene rings is 1. The SMILES string of the molecule is N#CC(c1c[nH]c2ccccc12)N1CCCCC1. The highest BCUT2D eigenvalue weighted by molar-refractivity contribution is 5.83. The Labute approximate surface area is 107 Å². The summed E-state index contributed by atoms with van der Waals surface area (Å²) in [5, 5.41) is 10.7. The average Bonchev–Trinajstić information content (AvgIpc) is 2.85. The lowest BCUT2D eigenvalue weighted by Gasteiger charge is -2.30. The number of nitrogens with zero attached hydrogens (tertiary/aromatic N) is 2. The predicted octanol–water partition coefficient (Wildman–Crippen LogP) is 3.22. The molecule has 3 rings (SSSR count). The molecule has 3 nitrogen and oxygen atoms in total. The maximum atomic E-state index is 9.50. The van der Waals surface area contributed by atoms with Crippen molar-refractivity contribution in [2.45, 2.75) is 25.3 Å². The van der Waals surface area contributed by atoms with Crippen molar-refractivity contribution in [2.75, 3.05) is 13.1 Å². The quantitative estimate of drug-likeness (QED) is 0.874. The first-order chi connectivity index (χ1) is 8.90. The number of hydrogen-bond donors (Lipinski definition) is 1. The van der Waals surface area contributed by atoms with Gasteiger partial charge in [-0.2, -0.15) is 5.26 Å². The molecule has 1 fully saturated rings. The van der Waals surface area contributed by atoms with Crippen LogP contribution in [0.5, 0.6) is 0 Å². The lowest BCUT2D eigenvalue weighted by molar-refractivity contribution is 0.197. The van der Waals surface area contributed by atoms with Gasteiger partial charge in [-0.15, -0.1) is 0 Å². The van der Waals surface area contributed by atoms with Gasteiger partial charge in [-0.05, 0) is 32.0 Å². The van der Waals surface area contributed by atoms with Crippen molar-refractivity contribution in [1.29, 1.82) is 5.26 Å². The summed E-state index contributed by atoms with van der Waals surface area (Å²) in [5.41, 5.74) is 2.24. The van der Waals surface area contributed by atoms with E-state index in [1.165, 1.54) is 24.6 Å². The van der Waals surface area contributed by atoms with Gasteiger partial charge in [0.2, 0.25) is 0 Å². The van der Waals surface area contributed by atoms with E-state index < -0.39 is 0 Å². The minimum atomic E-state index is -0.110. The first kappa shape index (κ1) is 11.3. The molecule has 1 unspecified atom stereocenters. The molecule has 0 saturated carbocycles. The van der Waals surface area contributed by atoms with Gasteiger partial charge >= 0.3 is 0 Å². The Kier molecular flexibility index (Phi) is 3.04. The van der Waals surface area contributed by atoms with Gasteiger partial charge in [0.15, 0.2) is 0 Å². The highest BCUT2D eigenvalue weighted by Crippen LogP contribution is 2.29. The number of fused-ring (bicyclic) bond motifs is 1. The number of nitriles is 1. The molecule has 2 heterocycles. The molecule has 0 amide bonds. The molecule has 1 aromatic heterocycles. The van der Waals surface area contributed by atoms with E-state index in [-0.39, 0.29) is 6.04 Å². The van der Waals surface area contributed by atoms with Gasteiger partial charge in [-0.3, -0.25) is 4.90 Å². The van der Waals surface area contributed by atoms with Crippen LogP contribution in [-0.2, 0) is 0 Å². The fourth-order valence-electron chi connectivity index (χ4n) is 2.84. The van der Waals surface area contributed by atoms with Crippen LogP contribution in [0.3, 0.4) is 0 Å². The monoisotopic (exact) mass is 239 g/mol. The Hall–Kier alpha value is -1.79. The molecule has 1 N–H and O–H groups in total. The topological polar surface area (TPSA) is 42.8 Å². The molecule has 0 spiro atoms. The second-order valence-corrected chi connectivity index (χ2v) is 4.92. The number of piperidine rings is 1. The summed E-state index contributed by atoms with van der Waals surface area (Å²) in [6.45, 7) is 2.08. The van der Waals surface area contributed by atoms with Gasteiger partial charge in [0.25, 0.3) is 0 Å². The highest BCUT2D eigenvalue weighted by atomic mass is 15.2. The fourth-order valence-corrected chi connectivity index (χ4v) is 2.84. The van der Waals surface area contributed by atoms with E-state index in [0.717, 1.165) is 24.2 Å². The van der Waals surface area contributed by atoms with Gasteiger partial charge in [-0.1, -0.05) is 24.6 Å². The Morgan fingerprint density at radius 3 is 2.72 bits per heavy atom. The van der Waals surface area contributed by atoms with Crippen LogP contribution in [0, 0.1) is 11.3 Å². The highest BCUT2D eigenvalue weighted by Gasteiger charge is 2.23. The first-order valence-corrected chi connectivity index (χ1v) is 6.60. The van der Waals surface area contributed by atoms with E-state index in [1.54, 1.807) is 0 Å². The van der Waals surface area contributed by atoms with Crippen LogP contribution in [0.15, 0.2) is 30.5 Å². The van der Waals surface area contributed by atoms with E-state index in [9.17, 15) is 5.26 Å². The number of aromatic amines is 1. The number of likely N-dealkylation sites (tertiary alicyclic amines) is 1. The maximum absolute atomic E-state index is 9.50. The smallest absolute Gasteiger partial charge is 0.125 e. The fraction of sp³-hybridized carbons (Fsp3) is 0.400. The molecule has 0 bridgehead atoms. The average molecular weight is 239 g/mol. The normalized spacial score (nSPS) is 18.6. The summed E-state index contributed by atoms with van der Waals surface area (Å²) in [5.74, 6) is 0. The molecular weight excluding hydrogens is 222 g/mol. The maximum Gasteiger partial charge on any atom is 0.125 e. The molecule has 0 radical (unpaired) electrons. The van der Waals surface area contributed by atoms with Crippen LogP contribution in [0.1, 0.15) is 30.9 Å². The lowest BCUT2D eigenvalue weighted by atomic mass is 10.0. The Morgan fingerprint density at radius 2 is 1.94 bits per heavy atom. The van der Waals surface area contributed by atoms with Crippen LogP contribution in [0.4, 0.5) is 0 Å². The van der Waals surface area contributed by atoms with Crippen LogP contribution < -0.4 is 0 Å². The molecule has 0 aliphatic carbocycles. The van der Waals surface area contributed by atoms with Crippen molar-refractivity contribution in [3.8, 4) is 6.07 Å². The number of aromatic nitrogens is 1. The van der Waals surface area contributed by atoms with Crippen LogP contribution in [-0.4, -0.2) is 23.0 Å². The summed E-state index contributed by atoms with van der Waals surface area (Å²) in [4.78, 5) is 5.57. The number of nitrogens with one attached hydrogen (secondary N) is 1. The van der Waals surface area contributed by atoms with E-state index in [0.29, 0.717) is 0 Å². The van der Waals surface area contributed by atoms with Crippen LogP contribution >= 0.6 is 0 Å². The second kappa shape index (κ2) is 4.83. The summed E-state index contributed by atoms with van der Waals surface area (Å²) in [6.07, 6.45) is 5.71. The third-order valence-electron chi connectivity index (χ3n) is 3.79. The molecule has 1 saturated heterocycles. The predicted molar refractivity (Wildman–Crippen MR) is 72.1 cm³/mol. The first-order valence-electron chi connectivity index (χ1n) is 6.60. The van der Waals surface area contributed by atoms with Crippen molar-refractivity contribution in [2.24, 2.45) is 0 Å². The molecule has 1 aromatic carbocycles. The molecular formula is C15H17N3. The van der Waals surface area contributed by atoms with E-state index in [4.69, 9.17) is 0 Å². The van der Waals surface area contributed by atoms with E-state index in [1.807, 2.05) is 18.3 Å². The third-order valence-corrected chi connectivity index (χ3v) is 3.79. The Morgan fingerprint density at radius 1 is 1.17 bits per heavy atom. The zero-order valence-electron chi connectivity index (χ0n) is 10.4. The van der Waals surface area contributed by atoms with Gasteiger partial charge < -0.3 is 4.98 Å². The second-order valence-electron chi connectivity index (χ2n) is 4.92.